The van der Waals surface area contributed by atoms with E-state index in [-0.39, 0.29) is 4.21 Å². The van der Waals surface area contributed by atoms with Gasteiger partial charge in [-0.1, -0.05) is 19.3 Å². The van der Waals surface area contributed by atoms with Gasteiger partial charge in [0.25, 0.3) is 10.0 Å². The maximum absolute atomic E-state index is 12.3. The number of halogens is 1. The quantitative estimate of drug-likeness (QED) is 0.785. The van der Waals surface area contributed by atoms with Gasteiger partial charge < -0.3 is 5.11 Å². The van der Waals surface area contributed by atoms with Crippen LogP contribution in [-0.2, 0) is 14.8 Å². The van der Waals surface area contributed by atoms with Crippen molar-refractivity contribution in [2.75, 3.05) is 0 Å². The normalized spacial score (nSPS) is 24.2. The summed E-state index contributed by atoms with van der Waals surface area (Å²) in [6, 6.07) is 1.13. The van der Waals surface area contributed by atoms with Crippen LogP contribution in [0.25, 0.3) is 0 Å². The molecular weight excluding hydrogens is 366 g/mol. The number of thiophene rings is 1. The first-order valence-electron chi connectivity index (χ1n) is 6.40. The highest BCUT2D eigenvalue weighted by molar-refractivity contribution is 9.10. The molecule has 1 aromatic rings. The molecule has 0 saturated heterocycles. The van der Waals surface area contributed by atoms with Crippen molar-refractivity contribution >= 4 is 43.3 Å². The van der Waals surface area contributed by atoms with Crippen LogP contribution in [0.1, 0.15) is 32.1 Å². The SMILES string of the molecule is O=C(O)C1CCCCCC1NS(=O)(=O)c1sccc1Br. The van der Waals surface area contributed by atoms with Crippen LogP contribution in [0.2, 0.25) is 0 Å². The number of carbonyl (C=O) groups is 1. The zero-order valence-electron chi connectivity index (χ0n) is 10.7. The van der Waals surface area contributed by atoms with Crippen molar-refractivity contribution in [1.29, 1.82) is 0 Å². The molecule has 0 amide bonds. The average molecular weight is 382 g/mol. The minimum absolute atomic E-state index is 0.200. The van der Waals surface area contributed by atoms with Crippen molar-refractivity contribution < 1.29 is 18.3 Å². The van der Waals surface area contributed by atoms with Gasteiger partial charge in [-0.05, 0) is 40.2 Å². The summed E-state index contributed by atoms with van der Waals surface area (Å²) in [4.78, 5) is 11.3. The Labute approximate surface area is 130 Å². The second-order valence-corrected chi connectivity index (χ2v) is 8.55. The van der Waals surface area contributed by atoms with E-state index in [9.17, 15) is 18.3 Å². The Morgan fingerprint density at radius 3 is 2.65 bits per heavy atom. The Kier molecular flexibility index (Phi) is 5.22. The molecule has 2 rings (SSSR count). The zero-order chi connectivity index (χ0) is 14.8. The van der Waals surface area contributed by atoms with E-state index in [1.54, 1.807) is 11.4 Å². The van der Waals surface area contributed by atoms with Crippen molar-refractivity contribution in [3.05, 3.63) is 15.9 Å². The summed E-state index contributed by atoms with van der Waals surface area (Å²) in [5, 5.41) is 11.0. The third-order valence-corrected chi connectivity index (χ3v) is 7.63. The van der Waals surface area contributed by atoms with E-state index >= 15 is 0 Å². The molecule has 0 bridgehead atoms. The number of aliphatic carboxylic acids is 1. The molecule has 1 heterocycles. The number of carboxylic acid groups (broad SMARTS) is 1. The van der Waals surface area contributed by atoms with Gasteiger partial charge >= 0.3 is 5.97 Å². The summed E-state index contributed by atoms with van der Waals surface area (Å²) in [7, 11) is -3.67. The number of rotatable bonds is 4. The van der Waals surface area contributed by atoms with Crippen LogP contribution in [0.15, 0.2) is 20.1 Å². The topological polar surface area (TPSA) is 83.5 Å². The lowest BCUT2D eigenvalue weighted by molar-refractivity contribution is -0.142. The lowest BCUT2D eigenvalue weighted by Crippen LogP contribution is -2.42. The van der Waals surface area contributed by atoms with Gasteiger partial charge in [-0.25, -0.2) is 13.1 Å². The molecule has 1 fully saturated rings. The first kappa shape index (κ1) is 15.9. The molecule has 112 valence electrons. The fraction of sp³-hybridized carbons (Fsp3) is 0.583. The van der Waals surface area contributed by atoms with Crippen LogP contribution < -0.4 is 4.72 Å². The van der Waals surface area contributed by atoms with Gasteiger partial charge in [0.15, 0.2) is 0 Å². The van der Waals surface area contributed by atoms with Crippen molar-refractivity contribution in [1.82, 2.24) is 4.72 Å². The zero-order valence-corrected chi connectivity index (χ0v) is 13.9. The minimum atomic E-state index is -3.67. The number of nitrogens with one attached hydrogen (secondary N) is 1. The van der Waals surface area contributed by atoms with Crippen LogP contribution in [0.3, 0.4) is 0 Å². The highest BCUT2D eigenvalue weighted by Gasteiger charge is 2.33. The van der Waals surface area contributed by atoms with Gasteiger partial charge in [-0.15, -0.1) is 11.3 Å². The number of hydrogen-bond acceptors (Lipinski definition) is 4. The predicted molar refractivity (Wildman–Crippen MR) is 80.3 cm³/mol. The monoisotopic (exact) mass is 381 g/mol. The number of carboxylic acids is 1. The Hall–Kier alpha value is -0.440. The minimum Gasteiger partial charge on any atom is -0.481 e. The number of hydrogen-bond donors (Lipinski definition) is 2. The summed E-state index contributed by atoms with van der Waals surface area (Å²) < 4.78 is 28.0. The van der Waals surface area contributed by atoms with E-state index in [0.717, 1.165) is 30.6 Å². The molecule has 2 N–H and O–H groups in total. The third-order valence-electron chi connectivity index (χ3n) is 3.47. The molecular formula is C12H16BrNO4S2. The van der Waals surface area contributed by atoms with E-state index < -0.39 is 28.0 Å². The first-order valence-corrected chi connectivity index (χ1v) is 9.55. The molecule has 5 nitrogen and oxygen atoms in total. The van der Waals surface area contributed by atoms with Gasteiger partial charge in [0.1, 0.15) is 4.21 Å². The highest BCUT2D eigenvalue weighted by Crippen LogP contribution is 2.30. The van der Waals surface area contributed by atoms with E-state index in [1.807, 2.05) is 0 Å². The Balaban J connectivity index is 2.22. The second kappa shape index (κ2) is 6.55. The third kappa shape index (κ3) is 3.60. The van der Waals surface area contributed by atoms with Crippen LogP contribution in [0, 0.1) is 5.92 Å². The largest absolute Gasteiger partial charge is 0.481 e. The molecule has 0 aliphatic heterocycles. The summed E-state index contributed by atoms with van der Waals surface area (Å²) >= 11 is 4.32. The summed E-state index contributed by atoms with van der Waals surface area (Å²) in [5.74, 6) is -1.57. The Morgan fingerprint density at radius 1 is 1.35 bits per heavy atom. The van der Waals surface area contributed by atoms with Crippen LogP contribution in [0.5, 0.6) is 0 Å². The summed E-state index contributed by atoms with van der Waals surface area (Å²) in [6.45, 7) is 0. The lowest BCUT2D eigenvalue weighted by Gasteiger charge is -2.22. The van der Waals surface area contributed by atoms with Gasteiger partial charge in [0.2, 0.25) is 0 Å². The Bertz CT molecular complexity index is 584. The number of sulfonamides is 1. The highest BCUT2D eigenvalue weighted by atomic mass is 79.9. The molecule has 20 heavy (non-hydrogen) atoms. The molecule has 0 spiro atoms. The molecule has 1 aliphatic carbocycles. The lowest BCUT2D eigenvalue weighted by atomic mass is 9.96. The standard InChI is InChI=1S/C12H16BrNO4S2/c13-9-6-7-19-12(9)20(17,18)14-10-5-3-1-2-4-8(10)11(15)16/h6-8,10,14H,1-5H2,(H,15,16). The van der Waals surface area contributed by atoms with Gasteiger partial charge in [0, 0.05) is 10.5 Å². The average Bonchev–Trinajstić information content (AvgIpc) is 2.66. The van der Waals surface area contributed by atoms with Gasteiger partial charge in [-0.2, -0.15) is 0 Å². The van der Waals surface area contributed by atoms with Crippen molar-refractivity contribution in [2.45, 2.75) is 42.4 Å². The Morgan fingerprint density at radius 2 is 2.05 bits per heavy atom. The van der Waals surface area contributed by atoms with Crippen molar-refractivity contribution in [3.63, 3.8) is 0 Å². The van der Waals surface area contributed by atoms with Crippen molar-refractivity contribution in [3.8, 4) is 0 Å². The molecule has 1 saturated carbocycles. The van der Waals surface area contributed by atoms with Crippen molar-refractivity contribution in [2.24, 2.45) is 5.92 Å². The first-order chi connectivity index (χ1) is 9.42. The molecule has 0 radical (unpaired) electrons. The van der Waals surface area contributed by atoms with Crippen LogP contribution in [0.4, 0.5) is 0 Å². The fourth-order valence-electron chi connectivity index (χ4n) is 2.47. The molecule has 0 aromatic carbocycles. The summed E-state index contributed by atoms with van der Waals surface area (Å²) in [6.07, 6.45) is 3.72. The maximum Gasteiger partial charge on any atom is 0.308 e. The summed E-state index contributed by atoms with van der Waals surface area (Å²) in [5.41, 5.74) is 0. The molecule has 2 unspecified atom stereocenters. The second-order valence-electron chi connectivity index (χ2n) is 4.87. The fourth-order valence-corrected chi connectivity index (χ4v) is 6.13. The predicted octanol–water partition coefficient (Wildman–Crippen LogP) is 2.82. The smallest absolute Gasteiger partial charge is 0.308 e. The van der Waals surface area contributed by atoms with E-state index in [0.29, 0.717) is 17.3 Å². The maximum atomic E-state index is 12.3. The molecule has 1 aromatic heterocycles. The molecule has 2 atom stereocenters. The van der Waals surface area contributed by atoms with Crippen LogP contribution >= 0.6 is 27.3 Å². The van der Waals surface area contributed by atoms with Crippen LogP contribution in [-0.4, -0.2) is 25.5 Å². The van der Waals surface area contributed by atoms with Gasteiger partial charge in [-0.3, -0.25) is 4.79 Å². The van der Waals surface area contributed by atoms with Gasteiger partial charge in [0.05, 0.1) is 5.92 Å². The van der Waals surface area contributed by atoms with E-state index in [1.165, 1.54) is 0 Å². The van der Waals surface area contributed by atoms with E-state index in [2.05, 4.69) is 20.7 Å². The molecule has 1 aliphatic rings. The molecule has 8 heteroatoms. The van der Waals surface area contributed by atoms with E-state index in [4.69, 9.17) is 0 Å².